The predicted molar refractivity (Wildman–Crippen MR) is 69.4 cm³/mol. The maximum Gasteiger partial charge on any atom is 0.276 e. The Hall–Kier alpha value is -1.58. The monoisotopic (exact) mass is 248 g/mol. The first kappa shape index (κ1) is 12.9. The Morgan fingerprint density at radius 3 is 2.83 bits per heavy atom. The highest BCUT2D eigenvalue weighted by Crippen LogP contribution is 2.24. The van der Waals surface area contributed by atoms with Crippen LogP contribution in [0.2, 0.25) is 0 Å². The molecule has 0 aromatic carbocycles. The van der Waals surface area contributed by atoms with Gasteiger partial charge < -0.3 is 10.0 Å². The molecule has 2 rings (SSSR count). The number of rotatable bonds is 3. The Kier molecular flexibility index (Phi) is 4.18. The summed E-state index contributed by atoms with van der Waals surface area (Å²) in [7, 11) is 0. The maximum atomic E-state index is 12.2. The Balaban J connectivity index is 1.98. The van der Waals surface area contributed by atoms with Gasteiger partial charge in [0.2, 0.25) is 0 Å². The highest BCUT2D eigenvalue weighted by molar-refractivity contribution is 5.94. The van der Waals surface area contributed by atoms with Crippen LogP contribution in [-0.4, -0.2) is 34.0 Å². The Labute approximate surface area is 108 Å². The molecule has 4 nitrogen and oxygen atoms in total. The van der Waals surface area contributed by atoms with Gasteiger partial charge in [-0.3, -0.25) is 4.79 Å². The molecule has 0 aliphatic carbocycles. The molecule has 1 fully saturated rings. The summed E-state index contributed by atoms with van der Waals surface area (Å²) in [5.74, 6) is 0.567. The molecule has 0 bridgehead atoms. The van der Waals surface area contributed by atoms with Crippen molar-refractivity contribution in [3.05, 3.63) is 24.0 Å². The summed E-state index contributed by atoms with van der Waals surface area (Å²) in [5.41, 5.74) is 0.173. The lowest BCUT2D eigenvalue weighted by molar-refractivity contribution is 0.0677. The second-order valence-electron chi connectivity index (χ2n) is 4.90. The Morgan fingerprint density at radius 2 is 2.22 bits per heavy atom. The fourth-order valence-corrected chi connectivity index (χ4v) is 2.54. The molecule has 2 heterocycles. The molecular weight excluding hydrogens is 228 g/mol. The van der Waals surface area contributed by atoms with Crippen molar-refractivity contribution >= 4 is 5.91 Å². The summed E-state index contributed by atoms with van der Waals surface area (Å²) in [6, 6.07) is 3.13. The molecule has 4 heteroatoms. The van der Waals surface area contributed by atoms with Crippen LogP contribution in [0.15, 0.2) is 18.3 Å². The summed E-state index contributed by atoms with van der Waals surface area (Å²) >= 11 is 0. The second-order valence-corrected chi connectivity index (χ2v) is 4.90. The highest BCUT2D eigenvalue weighted by atomic mass is 16.3. The van der Waals surface area contributed by atoms with E-state index < -0.39 is 0 Å². The molecule has 98 valence electrons. The van der Waals surface area contributed by atoms with Crippen molar-refractivity contribution in [2.24, 2.45) is 5.92 Å². The summed E-state index contributed by atoms with van der Waals surface area (Å²) < 4.78 is 0. The molecule has 0 saturated carbocycles. The van der Waals surface area contributed by atoms with E-state index in [2.05, 4.69) is 11.9 Å². The Bertz CT molecular complexity index is 412. The highest BCUT2D eigenvalue weighted by Gasteiger charge is 2.25. The number of pyridine rings is 1. The smallest absolute Gasteiger partial charge is 0.276 e. The number of carbonyl (C=O) groups is 1. The fourth-order valence-electron chi connectivity index (χ4n) is 2.54. The number of hydrogen-bond donors (Lipinski definition) is 1. The lowest BCUT2D eigenvalue weighted by Crippen LogP contribution is -2.38. The van der Waals surface area contributed by atoms with Gasteiger partial charge in [-0.25, -0.2) is 4.98 Å². The topological polar surface area (TPSA) is 53.4 Å². The van der Waals surface area contributed by atoms with E-state index >= 15 is 0 Å². The maximum absolute atomic E-state index is 12.2. The average Bonchev–Trinajstić information content (AvgIpc) is 2.40. The lowest BCUT2D eigenvalue weighted by Gasteiger charge is -2.31. The van der Waals surface area contributed by atoms with Crippen molar-refractivity contribution in [3.8, 4) is 5.75 Å². The first-order valence-corrected chi connectivity index (χ1v) is 6.65. The molecule has 1 aromatic rings. The molecule has 1 aliphatic heterocycles. The number of aromatic hydroxyl groups is 1. The van der Waals surface area contributed by atoms with Crippen LogP contribution in [0.4, 0.5) is 0 Å². The van der Waals surface area contributed by atoms with Crippen LogP contribution in [0, 0.1) is 5.92 Å². The number of amides is 1. The van der Waals surface area contributed by atoms with E-state index in [0.717, 1.165) is 31.8 Å². The van der Waals surface area contributed by atoms with Crippen LogP contribution in [0.1, 0.15) is 43.1 Å². The number of nitrogens with zero attached hydrogens (tertiary/aromatic N) is 2. The van der Waals surface area contributed by atoms with Crippen LogP contribution >= 0.6 is 0 Å². The molecule has 1 aliphatic rings. The Morgan fingerprint density at radius 1 is 1.50 bits per heavy atom. The number of piperidine rings is 1. The lowest BCUT2D eigenvalue weighted by atomic mass is 9.92. The van der Waals surface area contributed by atoms with Crippen LogP contribution in [0.5, 0.6) is 5.75 Å². The van der Waals surface area contributed by atoms with Crippen molar-refractivity contribution in [1.29, 1.82) is 0 Å². The standard InChI is InChI=1S/C14H20N2O2/c1-2-4-11-6-9-16(10-7-11)14(18)13-12(17)5-3-8-15-13/h3,5,8,11,17H,2,4,6-7,9-10H2,1H3. The van der Waals surface area contributed by atoms with Gasteiger partial charge in [0, 0.05) is 19.3 Å². The van der Waals surface area contributed by atoms with Gasteiger partial charge in [-0.2, -0.15) is 0 Å². The van der Waals surface area contributed by atoms with Gasteiger partial charge in [-0.05, 0) is 30.9 Å². The van der Waals surface area contributed by atoms with Crippen LogP contribution in [0.3, 0.4) is 0 Å². The molecule has 1 saturated heterocycles. The average molecular weight is 248 g/mol. The van der Waals surface area contributed by atoms with E-state index in [4.69, 9.17) is 0 Å². The van der Waals surface area contributed by atoms with Crippen LogP contribution in [-0.2, 0) is 0 Å². The summed E-state index contributed by atoms with van der Waals surface area (Å²) in [6.45, 7) is 3.75. The minimum Gasteiger partial charge on any atom is -0.505 e. The third-order valence-electron chi connectivity index (χ3n) is 3.59. The normalized spacial score (nSPS) is 16.8. The molecule has 1 aromatic heterocycles. The van der Waals surface area contributed by atoms with E-state index in [0.29, 0.717) is 0 Å². The molecule has 0 radical (unpaired) electrons. The minimum absolute atomic E-state index is 0.0295. The van der Waals surface area contributed by atoms with Crippen molar-refractivity contribution in [1.82, 2.24) is 9.88 Å². The second kappa shape index (κ2) is 5.85. The van der Waals surface area contributed by atoms with E-state index in [9.17, 15) is 9.90 Å². The molecule has 0 spiro atoms. The predicted octanol–water partition coefficient (Wildman–Crippen LogP) is 2.44. The van der Waals surface area contributed by atoms with Crippen molar-refractivity contribution in [2.45, 2.75) is 32.6 Å². The summed E-state index contributed by atoms with van der Waals surface area (Å²) in [5, 5.41) is 9.64. The van der Waals surface area contributed by atoms with E-state index in [1.807, 2.05) is 0 Å². The molecule has 18 heavy (non-hydrogen) atoms. The van der Waals surface area contributed by atoms with Gasteiger partial charge in [0.25, 0.3) is 5.91 Å². The number of likely N-dealkylation sites (tertiary alicyclic amines) is 1. The number of aromatic nitrogens is 1. The SMILES string of the molecule is CCCC1CCN(C(=O)c2ncccc2O)CC1. The van der Waals surface area contributed by atoms with Crippen LogP contribution in [0.25, 0.3) is 0 Å². The van der Waals surface area contributed by atoms with Gasteiger partial charge in [0.1, 0.15) is 5.75 Å². The van der Waals surface area contributed by atoms with Crippen molar-refractivity contribution in [2.75, 3.05) is 13.1 Å². The van der Waals surface area contributed by atoms with Crippen molar-refractivity contribution in [3.63, 3.8) is 0 Å². The van der Waals surface area contributed by atoms with Gasteiger partial charge in [-0.1, -0.05) is 19.8 Å². The molecular formula is C14H20N2O2. The van der Waals surface area contributed by atoms with E-state index in [-0.39, 0.29) is 17.4 Å². The molecule has 0 atom stereocenters. The largest absolute Gasteiger partial charge is 0.505 e. The van der Waals surface area contributed by atoms with E-state index in [1.54, 1.807) is 11.0 Å². The zero-order valence-electron chi connectivity index (χ0n) is 10.8. The zero-order chi connectivity index (χ0) is 13.0. The molecule has 1 N–H and O–H groups in total. The van der Waals surface area contributed by atoms with Gasteiger partial charge in [0.05, 0.1) is 0 Å². The quantitative estimate of drug-likeness (QED) is 0.893. The minimum atomic E-state index is -0.150. The van der Waals surface area contributed by atoms with Gasteiger partial charge in [0.15, 0.2) is 5.69 Å². The van der Waals surface area contributed by atoms with Crippen molar-refractivity contribution < 1.29 is 9.90 Å². The molecule has 1 amide bonds. The van der Waals surface area contributed by atoms with E-state index in [1.165, 1.54) is 25.1 Å². The fraction of sp³-hybridized carbons (Fsp3) is 0.571. The van der Waals surface area contributed by atoms with Crippen LogP contribution < -0.4 is 0 Å². The van der Waals surface area contributed by atoms with Gasteiger partial charge in [-0.15, -0.1) is 0 Å². The number of hydrogen-bond acceptors (Lipinski definition) is 3. The molecule has 0 unspecified atom stereocenters. The van der Waals surface area contributed by atoms with Gasteiger partial charge >= 0.3 is 0 Å². The number of carbonyl (C=O) groups excluding carboxylic acids is 1. The zero-order valence-corrected chi connectivity index (χ0v) is 10.8. The first-order chi connectivity index (χ1) is 8.72. The first-order valence-electron chi connectivity index (χ1n) is 6.65. The summed E-state index contributed by atoms with van der Waals surface area (Å²) in [4.78, 5) is 18.0. The third kappa shape index (κ3) is 2.81. The third-order valence-corrected chi connectivity index (χ3v) is 3.59. The summed E-state index contributed by atoms with van der Waals surface area (Å²) in [6.07, 6.45) is 6.12.